The third kappa shape index (κ3) is 5.11. The van der Waals surface area contributed by atoms with E-state index in [1.807, 2.05) is 36.4 Å². The van der Waals surface area contributed by atoms with Crippen molar-refractivity contribution >= 4 is 52.3 Å². The van der Waals surface area contributed by atoms with E-state index in [1.165, 1.54) is 0 Å². The monoisotopic (exact) mass is 397 g/mol. The summed E-state index contributed by atoms with van der Waals surface area (Å²) in [5.74, 6) is 0.826. The highest BCUT2D eigenvalue weighted by atomic mass is 35.5. The van der Waals surface area contributed by atoms with Gasteiger partial charge >= 0.3 is 0 Å². The highest BCUT2D eigenvalue weighted by Gasteiger charge is 2.09. The fourth-order valence-corrected chi connectivity index (χ4v) is 2.82. The molecule has 7 heteroatoms. The summed E-state index contributed by atoms with van der Waals surface area (Å²) in [5.41, 5.74) is 3.03. The smallest absolute Gasteiger partial charge is 0.119 e. The Morgan fingerprint density at radius 1 is 0.962 bits per heavy atom. The summed E-state index contributed by atoms with van der Waals surface area (Å²) < 4.78 is 5.37. The predicted molar refractivity (Wildman–Crippen MR) is 113 cm³/mol. The van der Waals surface area contributed by atoms with Crippen LogP contribution in [0.25, 0.3) is 21.8 Å². The molecule has 5 nitrogen and oxygen atoms in total. The minimum absolute atomic E-state index is 0. The maximum atomic E-state index is 8.79. The van der Waals surface area contributed by atoms with Crippen molar-refractivity contribution in [2.24, 2.45) is 0 Å². The molecule has 0 spiro atoms. The summed E-state index contributed by atoms with van der Waals surface area (Å²) in [6, 6.07) is 14.1. The number of pyridine rings is 1. The van der Waals surface area contributed by atoms with Gasteiger partial charge in [0.15, 0.2) is 0 Å². The van der Waals surface area contributed by atoms with Crippen molar-refractivity contribution in [3.63, 3.8) is 0 Å². The van der Waals surface area contributed by atoms with E-state index in [-0.39, 0.29) is 31.4 Å². The summed E-state index contributed by atoms with van der Waals surface area (Å²) >= 11 is 0. The number of rotatable bonds is 8. The Morgan fingerprint density at radius 2 is 1.73 bits per heavy atom. The summed E-state index contributed by atoms with van der Waals surface area (Å²) in [5, 5.41) is 17.7. The number of fused-ring (bicyclic) bond motifs is 2. The van der Waals surface area contributed by atoms with Crippen LogP contribution in [0.1, 0.15) is 6.42 Å². The molecule has 26 heavy (non-hydrogen) atoms. The lowest BCUT2D eigenvalue weighted by Gasteiger charge is -2.14. The molecule has 3 aromatic rings. The molecule has 0 fully saturated rings. The minimum Gasteiger partial charge on any atom is -0.497 e. The van der Waals surface area contributed by atoms with Crippen molar-refractivity contribution in [1.82, 2.24) is 10.3 Å². The molecule has 0 bridgehead atoms. The molecule has 0 aliphatic rings. The highest BCUT2D eigenvalue weighted by Crippen LogP contribution is 2.32. The van der Waals surface area contributed by atoms with Crippen molar-refractivity contribution in [2.75, 3.05) is 38.7 Å². The first-order valence-electron chi connectivity index (χ1n) is 8.25. The van der Waals surface area contributed by atoms with E-state index in [0.29, 0.717) is 6.54 Å². The van der Waals surface area contributed by atoms with Gasteiger partial charge in [0.25, 0.3) is 0 Å². The second-order valence-corrected chi connectivity index (χ2v) is 5.64. The predicted octanol–water partition coefficient (Wildman–Crippen LogP) is 3.62. The molecule has 0 unspecified atom stereocenters. The number of benzene rings is 2. The fraction of sp³-hybridized carbons (Fsp3) is 0.316. The van der Waals surface area contributed by atoms with Crippen LogP contribution in [0.2, 0.25) is 0 Å². The Labute approximate surface area is 166 Å². The Morgan fingerprint density at radius 3 is 2.50 bits per heavy atom. The van der Waals surface area contributed by atoms with Crippen LogP contribution in [0.3, 0.4) is 0 Å². The second kappa shape index (κ2) is 11.0. The lowest BCUT2D eigenvalue weighted by Crippen LogP contribution is -2.21. The topological polar surface area (TPSA) is 66.4 Å². The van der Waals surface area contributed by atoms with Gasteiger partial charge in [-0.3, -0.25) is 0 Å². The van der Waals surface area contributed by atoms with E-state index in [1.54, 1.807) is 7.11 Å². The lowest BCUT2D eigenvalue weighted by molar-refractivity contribution is 0.292. The molecule has 1 aromatic heterocycles. The SMILES string of the molecule is COc1ccc2nc3ccccc3c(NCCCNCCO)c2c1.Cl.Cl. The fourth-order valence-electron chi connectivity index (χ4n) is 2.82. The van der Waals surface area contributed by atoms with Crippen LogP contribution in [0.5, 0.6) is 5.75 Å². The Kier molecular flexibility index (Phi) is 9.44. The number of nitrogens with zero attached hydrogens (tertiary/aromatic N) is 1. The van der Waals surface area contributed by atoms with E-state index in [0.717, 1.165) is 52.8 Å². The minimum atomic E-state index is 0. The molecule has 142 valence electrons. The maximum Gasteiger partial charge on any atom is 0.119 e. The van der Waals surface area contributed by atoms with E-state index in [2.05, 4.69) is 16.7 Å². The summed E-state index contributed by atoms with van der Waals surface area (Å²) in [4.78, 5) is 4.75. The molecule has 2 aromatic carbocycles. The van der Waals surface area contributed by atoms with Crippen LogP contribution in [-0.4, -0.2) is 43.4 Å². The van der Waals surface area contributed by atoms with Crippen molar-refractivity contribution in [1.29, 1.82) is 0 Å². The lowest BCUT2D eigenvalue weighted by atomic mass is 10.1. The van der Waals surface area contributed by atoms with Gasteiger partial charge in [0.05, 0.1) is 30.4 Å². The first-order chi connectivity index (χ1) is 11.8. The average molecular weight is 398 g/mol. The van der Waals surface area contributed by atoms with Gasteiger partial charge in [-0.1, -0.05) is 18.2 Å². The van der Waals surface area contributed by atoms with Gasteiger partial charge in [-0.25, -0.2) is 4.98 Å². The Bertz CT molecular complexity index is 830. The molecule has 0 amide bonds. The van der Waals surface area contributed by atoms with Gasteiger partial charge in [-0.2, -0.15) is 0 Å². The number of aliphatic hydroxyl groups excluding tert-OH is 1. The number of aliphatic hydroxyl groups is 1. The van der Waals surface area contributed by atoms with E-state index in [4.69, 9.17) is 14.8 Å². The number of hydrogen-bond donors (Lipinski definition) is 3. The molecular weight excluding hydrogens is 373 g/mol. The van der Waals surface area contributed by atoms with Crippen LogP contribution < -0.4 is 15.4 Å². The molecule has 0 saturated carbocycles. The van der Waals surface area contributed by atoms with Crippen molar-refractivity contribution in [3.8, 4) is 5.75 Å². The van der Waals surface area contributed by atoms with Gasteiger partial charge in [0, 0.05) is 23.9 Å². The molecule has 0 radical (unpaired) electrons. The zero-order chi connectivity index (χ0) is 16.8. The largest absolute Gasteiger partial charge is 0.497 e. The number of nitrogens with one attached hydrogen (secondary N) is 2. The molecule has 0 saturated heterocycles. The number of ether oxygens (including phenoxy) is 1. The van der Waals surface area contributed by atoms with Gasteiger partial charge in [-0.05, 0) is 37.2 Å². The van der Waals surface area contributed by atoms with Crippen LogP contribution in [0, 0.1) is 0 Å². The number of aromatic nitrogens is 1. The van der Waals surface area contributed by atoms with Crippen LogP contribution in [-0.2, 0) is 0 Å². The highest BCUT2D eigenvalue weighted by molar-refractivity contribution is 6.07. The number of hydrogen-bond acceptors (Lipinski definition) is 5. The zero-order valence-electron chi connectivity index (χ0n) is 14.7. The Hall–Kier alpha value is -1.79. The number of anilines is 1. The van der Waals surface area contributed by atoms with Crippen molar-refractivity contribution in [3.05, 3.63) is 42.5 Å². The second-order valence-electron chi connectivity index (χ2n) is 5.64. The molecule has 0 aliphatic heterocycles. The van der Waals surface area contributed by atoms with Gasteiger partial charge < -0.3 is 20.5 Å². The normalized spacial score (nSPS) is 10.2. The van der Waals surface area contributed by atoms with Crippen LogP contribution in [0.15, 0.2) is 42.5 Å². The van der Waals surface area contributed by atoms with Gasteiger partial charge in [-0.15, -0.1) is 24.8 Å². The summed E-state index contributed by atoms with van der Waals surface area (Å²) in [7, 11) is 1.68. The van der Waals surface area contributed by atoms with Gasteiger partial charge in [0.2, 0.25) is 0 Å². The standard InChI is InChI=1S/C19H23N3O2.2ClH/c1-24-14-7-8-18-16(13-14)19(21-10-4-9-20-11-12-23)15-5-2-3-6-17(15)22-18;;/h2-3,5-8,13,20,23H,4,9-12H2,1H3,(H,21,22);2*1H. The molecule has 0 atom stereocenters. The van der Waals surface area contributed by atoms with Crippen molar-refractivity contribution in [2.45, 2.75) is 6.42 Å². The number of para-hydroxylation sites is 1. The summed E-state index contributed by atoms with van der Waals surface area (Å²) in [6.45, 7) is 2.53. The molecule has 0 aliphatic carbocycles. The van der Waals surface area contributed by atoms with Crippen molar-refractivity contribution < 1.29 is 9.84 Å². The van der Waals surface area contributed by atoms with E-state index >= 15 is 0 Å². The maximum absolute atomic E-state index is 8.79. The quantitative estimate of drug-likeness (QED) is 0.400. The Balaban J connectivity index is 0.00000169. The first-order valence-corrected chi connectivity index (χ1v) is 8.25. The summed E-state index contributed by atoms with van der Waals surface area (Å²) in [6.07, 6.45) is 0.974. The van der Waals surface area contributed by atoms with E-state index < -0.39 is 0 Å². The molecule has 1 heterocycles. The van der Waals surface area contributed by atoms with Crippen LogP contribution in [0.4, 0.5) is 5.69 Å². The van der Waals surface area contributed by atoms with E-state index in [9.17, 15) is 0 Å². The first kappa shape index (κ1) is 22.3. The zero-order valence-corrected chi connectivity index (χ0v) is 16.3. The molecule has 3 rings (SSSR count). The molecular formula is C19H25Cl2N3O2. The van der Waals surface area contributed by atoms with Gasteiger partial charge in [0.1, 0.15) is 5.75 Å². The number of methoxy groups -OCH3 is 1. The molecule has 3 N–H and O–H groups in total. The van der Waals surface area contributed by atoms with Crippen LogP contribution >= 0.6 is 24.8 Å². The third-order valence-corrected chi connectivity index (χ3v) is 4.01. The third-order valence-electron chi connectivity index (χ3n) is 4.01. The average Bonchev–Trinajstić information content (AvgIpc) is 2.63. The number of halogens is 2.